The summed E-state index contributed by atoms with van der Waals surface area (Å²) >= 11 is 1.03. The van der Waals surface area contributed by atoms with E-state index in [1.54, 1.807) is 12.1 Å². The average Bonchev–Trinajstić information content (AvgIpc) is 3.39. The van der Waals surface area contributed by atoms with E-state index in [1.807, 2.05) is 18.2 Å². The maximum atomic E-state index is 12.8. The van der Waals surface area contributed by atoms with E-state index in [9.17, 15) is 26.9 Å². The second-order valence-electron chi connectivity index (χ2n) is 9.40. The zero-order chi connectivity index (χ0) is 27.1. The molecule has 1 fully saturated rings. The number of likely N-dealkylation sites (tertiary alicyclic amines) is 1. The fourth-order valence-corrected chi connectivity index (χ4v) is 6.49. The molecule has 0 radical (unpaired) electrons. The number of hydrogen-bond acceptors (Lipinski definition) is 8. The van der Waals surface area contributed by atoms with Gasteiger partial charge in [0.1, 0.15) is 34.6 Å². The summed E-state index contributed by atoms with van der Waals surface area (Å²) in [4.78, 5) is 11.5. The molecule has 1 aliphatic heterocycles. The lowest BCUT2D eigenvalue weighted by atomic mass is 10.0. The molecule has 0 spiro atoms. The smallest absolute Gasteiger partial charge is 0.367 e. The minimum absolute atomic E-state index is 0.128. The summed E-state index contributed by atoms with van der Waals surface area (Å²) in [5.41, 5.74) is 1.90. The van der Waals surface area contributed by atoms with Gasteiger partial charge in [0.05, 0.1) is 17.3 Å². The lowest BCUT2D eigenvalue weighted by Gasteiger charge is -2.32. The number of nitriles is 1. The first-order valence-corrected chi connectivity index (χ1v) is 14.3. The Hall–Kier alpha value is -3.25. The predicted octanol–water partition coefficient (Wildman–Crippen LogP) is 3.94. The van der Waals surface area contributed by atoms with Gasteiger partial charge in [-0.3, -0.25) is 4.90 Å². The lowest BCUT2D eigenvalue weighted by molar-refractivity contribution is -0.126. The van der Waals surface area contributed by atoms with Gasteiger partial charge in [0.25, 0.3) is 0 Å². The molecule has 0 unspecified atom stereocenters. The Kier molecular flexibility index (Phi) is 7.03. The van der Waals surface area contributed by atoms with Crippen LogP contribution in [0.5, 0.6) is 0 Å². The van der Waals surface area contributed by atoms with Crippen molar-refractivity contribution in [2.24, 2.45) is 5.14 Å². The van der Waals surface area contributed by atoms with Gasteiger partial charge in [-0.05, 0) is 42.7 Å². The number of nitrogens with two attached hydrogens (primary N) is 1. The number of nitrogens with zero attached hydrogens (tertiary/aromatic N) is 5. The highest BCUT2D eigenvalue weighted by Crippen LogP contribution is 2.33. The molecule has 0 saturated carbocycles. The van der Waals surface area contributed by atoms with E-state index >= 15 is 0 Å². The highest BCUT2D eigenvalue weighted by molar-refractivity contribution is 7.88. The number of fused-ring (bicyclic) bond motifs is 2. The minimum Gasteiger partial charge on any atom is -0.367 e. The summed E-state index contributed by atoms with van der Waals surface area (Å²) in [7, 11) is -3.81. The largest absolute Gasteiger partial charge is 0.393 e. The Labute approximate surface area is 220 Å². The summed E-state index contributed by atoms with van der Waals surface area (Å²) < 4.78 is 63.0. The summed E-state index contributed by atoms with van der Waals surface area (Å²) in [6.45, 7) is 2.31. The van der Waals surface area contributed by atoms with Crippen molar-refractivity contribution in [2.75, 3.05) is 18.4 Å². The molecule has 4 heterocycles. The van der Waals surface area contributed by atoms with E-state index in [2.05, 4.69) is 20.2 Å². The zero-order valence-electron chi connectivity index (χ0n) is 20.1. The number of piperidine rings is 1. The SMILES string of the molecule is N#Cc1cc2cc(CN3CCC(Nc4ncnc5sc(CC(F)(F)F)cc45)CC3)ccc2n1CS(N)(=O)=O. The maximum absolute atomic E-state index is 12.8. The quantitative estimate of drug-likeness (QED) is 0.348. The van der Waals surface area contributed by atoms with Gasteiger partial charge in [-0.25, -0.2) is 23.5 Å². The number of alkyl halides is 3. The van der Waals surface area contributed by atoms with Crippen molar-refractivity contribution in [3.05, 3.63) is 52.8 Å². The Bertz CT molecular complexity index is 1630. The normalized spacial score (nSPS) is 15.8. The number of sulfonamides is 1. The van der Waals surface area contributed by atoms with Crippen molar-refractivity contribution in [2.45, 2.75) is 43.9 Å². The van der Waals surface area contributed by atoms with E-state index in [0.29, 0.717) is 28.1 Å². The van der Waals surface area contributed by atoms with E-state index < -0.39 is 28.5 Å². The van der Waals surface area contributed by atoms with Crippen molar-refractivity contribution in [3.63, 3.8) is 0 Å². The molecular weight excluding hydrogens is 539 g/mol. The number of halogens is 3. The number of anilines is 1. The Morgan fingerprint density at radius 2 is 1.95 bits per heavy atom. The molecule has 0 atom stereocenters. The Balaban J connectivity index is 1.23. The number of rotatable bonds is 7. The molecule has 200 valence electrons. The van der Waals surface area contributed by atoms with Crippen molar-refractivity contribution in [3.8, 4) is 6.07 Å². The summed E-state index contributed by atoms with van der Waals surface area (Å²) in [6, 6.07) is 11.0. The van der Waals surface area contributed by atoms with Crippen LogP contribution in [0.15, 0.2) is 36.7 Å². The van der Waals surface area contributed by atoms with Crippen LogP contribution in [0.4, 0.5) is 19.0 Å². The van der Waals surface area contributed by atoms with Gasteiger partial charge in [-0.1, -0.05) is 6.07 Å². The fourth-order valence-electron chi connectivity index (χ4n) is 4.82. The topological polar surface area (TPSA) is 130 Å². The molecule has 5 rings (SSSR count). The molecule has 4 aromatic rings. The van der Waals surface area contributed by atoms with Crippen molar-refractivity contribution < 1.29 is 21.6 Å². The number of hydrogen-bond donors (Lipinski definition) is 2. The van der Waals surface area contributed by atoms with Crippen LogP contribution in [0.2, 0.25) is 0 Å². The molecule has 1 aromatic carbocycles. The summed E-state index contributed by atoms with van der Waals surface area (Å²) in [5.74, 6) is 0.0910. The van der Waals surface area contributed by atoms with Crippen LogP contribution in [0.25, 0.3) is 21.1 Å². The zero-order valence-corrected chi connectivity index (χ0v) is 21.7. The third-order valence-corrected chi connectivity index (χ3v) is 8.14. The third-order valence-electron chi connectivity index (χ3n) is 6.48. The van der Waals surface area contributed by atoms with Crippen LogP contribution >= 0.6 is 11.3 Å². The number of aromatic nitrogens is 3. The second kappa shape index (κ2) is 10.1. The summed E-state index contributed by atoms with van der Waals surface area (Å²) in [6.07, 6.45) is -2.22. The minimum atomic E-state index is -4.27. The monoisotopic (exact) mass is 563 g/mol. The van der Waals surface area contributed by atoms with Crippen LogP contribution in [-0.2, 0) is 28.9 Å². The Morgan fingerprint density at radius 1 is 1.18 bits per heavy atom. The fraction of sp³-hybridized carbons (Fsp3) is 0.375. The molecule has 0 aliphatic carbocycles. The van der Waals surface area contributed by atoms with Crippen LogP contribution in [-0.4, -0.2) is 53.2 Å². The molecule has 14 heteroatoms. The van der Waals surface area contributed by atoms with Gasteiger partial charge in [-0.2, -0.15) is 18.4 Å². The van der Waals surface area contributed by atoms with Gasteiger partial charge < -0.3 is 9.88 Å². The van der Waals surface area contributed by atoms with Gasteiger partial charge in [0.15, 0.2) is 0 Å². The van der Waals surface area contributed by atoms with Crippen LogP contribution in [0.3, 0.4) is 0 Å². The molecule has 38 heavy (non-hydrogen) atoms. The van der Waals surface area contributed by atoms with Gasteiger partial charge in [-0.15, -0.1) is 11.3 Å². The summed E-state index contributed by atoms with van der Waals surface area (Å²) in [5, 5.41) is 19.4. The van der Waals surface area contributed by atoms with Gasteiger partial charge in [0, 0.05) is 35.9 Å². The van der Waals surface area contributed by atoms with Crippen LogP contribution in [0, 0.1) is 11.3 Å². The average molecular weight is 564 g/mol. The number of benzene rings is 1. The molecule has 1 saturated heterocycles. The standard InChI is InChI=1S/C24H24F3N7O2S2/c25-24(26,27)10-19-9-20-22(30-13-31-23(20)37-19)32-17-3-5-33(6-4-17)12-15-1-2-21-16(7-15)8-18(11-28)34(21)14-38(29,35)36/h1-2,7-9,13,17H,3-6,10,12,14H2,(H2,29,35,36)(H,30,31,32). The van der Waals surface area contributed by atoms with E-state index in [1.165, 1.54) is 17.0 Å². The maximum Gasteiger partial charge on any atom is 0.393 e. The first kappa shape index (κ1) is 26.4. The number of nitrogens with one attached hydrogen (secondary N) is 1. The molecule has 0 bridgehead atoms. The highest BCUT2D eigenvalue weighted by Gasteiger charge is 2.29. The lowest BCUT2D eigenvalue weighted by Crippen LogP contribution is -2.38. The van der Waals surface area contributed by atoms with Crippen molar-refractivity contribution >= 4 is 48.3 Å². The molecular formula is C24H24F3N7O2S2. The van der Waals surface area contributed by atoms with E-state index in [4.69, 9.17) is 5.14 Å². The molecule has 3 aromatic heterocycles. The van der Waals surface area contributed by atoms with Crippen molar-refractivity contribution in [1.82, 2.24) is 19.4 Å². The van der Waals surface area contributed by atoms with Crippen molar-refractivity contribution in [1.29, 1.82) is 5.26 Å². The van der Waals surface area contributed by atoms with E-state index in [0.717, 1.165) is 48.2 Å². The predicted molar refractivity (Wildman–Crippen MR) is 139 cm³/mol. The number of thiophene rings is 1. The van der Waals surface area contributed by atoms with E-state index in [-0.39, 0.29) is 16.6 Å². The molecule has 1 aliphatic rings. The van der Waals surface area contributed by atoms with Gasteiger partial charge >= 0.3 is 6.18 Å². The highest BCUT2D eigenvalue weighted by atomic mass is 32.2. The van der Waals surface area contributed by atoms with Crippen LogP contribution < -0.4 is 10.5 Å². The Morgan fingerprint density at radius 3 is 2.63 bits per heavy atom. The molecule has 3 N–H and O–H groups in total. The first-order valence-electron chi connectivity index (χ1n) is 11.8. The van der Waals surface area contributed by atoms with Gasteiger partial charge in [0.2, 0.25) is 10.0 Å². The second-order valence-corrected chi connectivity index (χ2v) is 12.1. The number of primary sulfonamides is 1. The third kappa shape index (κ3) is 6.07. The molecule has 9 nitrogen and oxygen atoms in total. The molecule has 0 amide bonds. The van der Waals surface area contributed by atoms with Crippen LogP contribution in [0.1, 0.15) is 29.0 Å². The first-order chi connectivity index (χ1) is 18.0.